The number of nitro groups is 1. The average Bonchev–Trinajstić information content (AvgIpc) is 2.53. The first-order valence-electron chi connectivity index (χ1n) is 6.14. The Morgan fingerprint density at radius 3 is 2.55 bits per heavy atom. The molecule has 0 amide bonds. The topological polar surface area (TPSA) is 111 Å². The molecule has 1 N–H and O–H groups in total. The maximum Gasteiger partial charge on any atom is 0.288 e. The van der Waals surface area contributed by atoms with Gasteiger partial charge in [0.25, 0.3) is 5.69 Å². The number of sulfonamides is 1. The van der Waals surface area contributed by atoms with Gasteiger partial charge in [0.15, 0.2) is 0 Å². The second-order valence-electron chi connectivity index (χ2n) is 4.31. The zero-order valence-corrected chi connectivity index (χ0v) is 12.4. The van der Waals surface area contributed by atoms with Crippen LogP contribution in [0.15, 0.2) is 47.6 Å². The zero-order valence-electron chi connectivity index (χ0n) is 11.6. The predicted molar refractivity (Wildman–Crippen MR) is 77.9 cm³/mol. The number of hydrogen-bond acceptors (Lipinski definition) is 6. The second-order valence-corrected chi connectivity index (χ2v) is 6.08. The van der Waals surface area contributed by atoms with Crippen molar-refractivity contribution in [3.63, 3.8) is 0 Å². The fourth-order valence-electron chi connectivity index (χ4n) is 1.66. The molecule has 22 heavy (non-hydrogen) atoms. The molecule has 0 bridgehead atoms. The van der Waals surface area contributed by atoms with Gasteiger partial charge >= 0.3 is 0 Å². The molecule has 8 nitrogen and oxygen atoms in total. The Labute approximate surface area is 127 Å². The van der Waals surface area contributed by atoms with Gasteiger partial charge in [0, 0.05) is 18.8 Å². The van der Waals surface area contributed by atoms with Gasteiger partial charge in [-0.3, -0.25) is 15.1 Å². The van der Waals surface area contributed by atoms with Crippen LogP contribution in [0.3, 0.4) is 0 Å². The molecule has 0 radical (unpaired) electrons. The van der Waals surface area contributed by atoms with Crippen molar-refractivity contribution in [3.8, 4) is 5.75 Å². The van der Waals surface area contributed by atoms with Crippen LogP contribution in [-0.2, 0) is 16.6 Å². The molecule has 0 saturated heterocycles. The molecule has 2 aromatic rings. The van der Waals surface area contributed by atoms with Crippen molar-refractivity contribution in [2.24, 2.45) is 0 Å². The molecule has 0 aliphatic heterocycles. The van der Waals surface area contributed by atoms with Gasteiger partial charge in [-0.2, -0.15) is 0 Å². The summed E-state index contributed by atoms with van der Waals surface area (Å²) in [5.41, 5.74) is 0.343. The van der Waals surface area contributed by atoms with Crippen LogP contribution in [0.25, 0.3) is 0 Å². The quantitative estimate of drug-likeness (QED) is 0.636. The smallest absolute Gasteiger partial charge is 0.288 e. The van der Waals surface area contributed by atoms with Crippen LogP contribution in [-0.4, -0.2) is 25.4 Å². The van der Waals surface area contributed by atoms with Crippen molar-refractivity contribution in [3.05, 3.63) is 58.4 Å². The van der Waals surface area contributed by atoms with Gasteiger partial charge in [0.1, 0.15) is 16.8 Å². The van der Waals surface area contributed by atoms with Crippen LogP contribution in [0.4, 0.5) is 5.69 Å². The number of methoxy groups -OCH3 is 1. The van der Waals surface area contributed by atoms with E-state index < -0.39 is 14.9 Å². The first-order chi connectivity index (χ1) is 10.4. The van der Waals surface area contributed by atoms with Gasteiger partial charge in [0.05, 0.1) is 12.0 Å². The minimum absolute atomic E-state index is 0.0506. The van der Waals surface area contributed by atoms with Crippen molar-refractivity contribution < 1.29 is 18.1 Å². The fourth-order valence-corrected chi connectivity index (χ4v) is 2.66. The summed E-state index contributed by atoms with van der Waals surface area (Å²) in [4.78, 5) is 13.3. The summed E-state index contributed by atoms with van der Waals surface area (Å²) in [6, 6.07) is 7.81. The van der Waals surface area contributed by atoms with E-state index in [4.69, 9.17) is 4.74 Å². The SMILES string of the molecule is COc1ccc(CNS(=O)(=O)c2cncc([N+](=O)[O-])c2)cc1. The van der Waals surface area contributed by atoms with E-state index in [-0.39, 0.29) is 17.1 Å². The van der Waals surface area contributed by atoms with Crippen LogP contribution < -0.4 is 9.46 Å². The summed E-state index contributed by atoms with van der Waals surface area (Å²) in [5.74, 6) is 0.662. The number of nitrogens with one attached hydrogen (secondary N) is 1. The summed E-state index contributed by atoms with van der Waals surface area (Å²) >= 11 is 0. The van der Waals surface area contributed by atoms with E-state index in [1.165, 1.54) is 7.11 Å². The maximum absolute atomic E-state index is 12.1. The lowest BCUT2D eigenvalue weighted by Gasteiger charge is -2.07. The summed E-state index contributed by atoms with van der Waals surface area (Å²) in [7, 11) is -2.34. The van der Waals surface area contributed by atoms with E-state index >= 15 is 0 Å². The predicted octanol–water partition coefficient (Wildman–Crippen LogP) is 1.48. The largest absolute Gasteiger partial charge is 0.497 e. The van der Waals surface area contributed by atoms with E-state index in [0.717, 1.165) is 24.0 Å². The number of benzene rings is 1. The zero-order chi connectivity index (χ0) is 16.2. The number of rotatable bonds is 6. The number of nitrogens with zero attached hydrogens (tertiary/aromatic N) is 2. The van der Waals surface area contributed by atoms with Crippen LogP contribution in [0, 0.1) is 10.1 Å². The highest BCUT2D eigenvalue weighted by Gasteiger charge is 2.18. The highest BCUT2D eigenvalue weighted by molar-refractivity contribution is 7.89. The monoisotopic (exact) mass is 323 g/mol. The molecule has 0 spiro atoms. The van der Waals surface area contributed by atoms with Crippen LogP contribution >= 0.6 is 0 Å². The molecule has 116 valence electrons. The summed E-state index contributed by atoms with van der Waals surface area (Å²) < 4.78 is 31.6. The lowest BCUT2D eigenvalue weighted by molar-refractivity contribution is -0.385. The third kappa shape index (κ3) is 3.77. The Morgan fingerprint density at radius 2 is 1.95 bits per heavy atom. The number of hydrogen-bond donors (Lipinski definition) is 1. The molecule has 0 fully saturated rings. The van der Waals surface area contributed by atoms with E-state index in [1.807, 2.05) is 0 Å². The van der Waals surface area contributed by atoms with E-state index in [2.05, 4.69) is 9.71 Å². The van der Waals surface area contributed by atoms with Crippen LogP contribution in [0.2, 0.25) is 0 Å². The number of aromatic nitrogens is 1. The molecular formula is C13H13N3O5S. The minimum Gasteiger partial charge on any atom is -0.497 e. The second kappa shape index (κ2) is 6.50. The first-order valence-corrected chi connectivity index (χ1v) is 7.63. The number of ether oxygens (including phenoxy) is 1. The van der Waals surface area contributed by atoms with Gasteiger partial charge < -0.3 is 4.74 Å². The molecule has 0 aliphatic rings. The molecular weight excluding hydrogens is 310 g/mol. The van der Waals surface area contributed by atoms with E-state index in [9.17, 15) is 18.5 Å². The van der Waals surface area contributed by atoms with Gasteiger partial charge in [0.2, 0.25) is 10.0 Å². The molecule has 1 aromatic carbocycles. The van der Waals surface area contributed by atoms with Crippen LogP contribution in [0.5, 0.6) is 5.75 Å². The fraction of sp³-hybridized carbons (Fsp3) is 0.154. The normalized spacial score (nSPS) is 11.1. The number of pyridine rings is 1. The molecule has 0 saturated carbocycles. The Bertz CT molecular complexity index is 775. The standard InChI is InChI=1S/C13H13N3O5S/c1-21-12-4-2-10(3-5-12)7-15-22(19,20)13-6-11(16(17)18)8-14-9-13/h2-6,8-9,15H,7H2,1H3. The third-order valence-electron chi connectivity index (χ3n) is 2.85. The Balaban J connectivity index is 2.13. The van der Waals surface area contributed by atoms with Crippen molar-refractivity contribution in [1.29, 1.82) is 0 Å². The van der Waals surface area contributed by atoms with Crippen molar-refractivity contribution in [2.75, 3.05) is 7.11 Å². The van der Waals surface area contributed by atoms with Gasteiger partial charge in [-0.25, -0.2) is 13.1 Å². The highest BCUT2D eigenvalue weighted by atomic mass is 32.2. The molecule has 1 heterocycles. The van der Waals surface area contributed by atoms with E-state index in [0.29, 0.717) is 5.75 Å². The van der Waals surface area contributed by atoms with Crippen molar-refractivity contribution >= 4 is 15.7 Å². The minimum atomic E-state index is -3.88. The van der Waals surface area contributed by atoms with E-state index in [1.54, 1.807) is 24.3 Å². The Hall–Kier alpha value is -2.52. The van der Waals surface area contributed by atoms with Gasteiger partial charge in [-0.1, -0.05) is 12.1 Å². The molecule has 1 aromatic heterocycles. The summed E-state index contributed by atoms with van der Waals surface area (Å²) in [5, 5.41) is 10.7. The van der Waals surface area contributed by atoms with Crippen LogP contribution in [0.1, 0.15) is 5.56 Å². The van der Waals surface area contributed by atoms with Crippen molar-refractivity contribution in [1.82, 2.24) is 9.71 Å². The molecule has 0 atom stereocenters. The van der Waals surface area contributed by atoms with Gasteiger partial charge in [-0.05, 0) is 17.7 Å². The lowest BCUT2D eigenvalue weighted by atomic mass is 10.2. The van der Waals surface area contributed by atoms with Crippen molar-refractivity contribution in [2.45, 2.75) is 11.4 Å². The lowest BCUT2D eigenvalue weighted by Crippen LogP contribution is -2.23. The summed E-state index contributed by atoms with van der Waals surface area (Å²) in [6.45, 7) is 0.0506. The molecule has 0 unspecified atom stereocenters. The molecule has 9 heteroatoms. The Kier molecular flexibility index (Phi) is 4.68. The average molecular weight is 323 g/mol. The summed E-state index contributed by atoms with van der Waals surface area (Å²) in [6.07, 6.45) is 2.05. The highest BCUT2D eigenvalue weighted by Crippen LogP contribution is 2.16. The third-order valence-corrected chi connectivity index (χ3v) is 4.21. The Morgan fingerprint density at radius 1 is 1.27 bits per heavy atom. The molecule has 0 aliphatic carbocycles. The first kappa shape index (κ1) is 15.9. The molecule has 2 rings (SSSR count). The van der Waals surface area contributed by atoms with Gasteiger partial charge in [-0.15, -0.1) is 0 Å². The maximum atomic E-state index is 12.1.